The zero-order valence-electron chi connectivity index (χ0n) is 13.1. The first-order valence-electron chi connectivity index (χ1n) is 6.88. The van der Waals surface area contributed by atoms with E-state index < -0.39 is 4.92 Å². The summed E-state index contributed by atoms with van der Waals surface area (Å²) in [6.45, 7) is 5.26. The van der Waals surface area contributed by atoms with Crippen LogP contribution in [0.25, 0.3) is 11.5 Å². The van der Waals surface area contributed by atoms with Gasteiger partial charge in [-0.05, 0) is 20.8 Å². The lowest BCUT2D eigenvalue weighted by Gasteiger charge is -1.98. The van der Waals surface area contributed by atoms with Gasteiger partial charge in [-0.15, -0.1) is 10.2 Å². The Kier molecular flexibility index (Phi) is 3.43. The molecule has 0 aliphatic rings. The molecule has 0 fully saturated rings. The topological polar surface area (TPSA) is 118 Å². The maximum Gasteiger partial charge on any atom is 0.312 e. The minimum Gasteiger partial charge on any atom is -0.419 e. The van der Waals surface area contributed by atoms with Crippen molar-refractivity contribution in [3.8, 4) is 11.5 Å². The van der Waals surface area contributed by atoms with E-state index in [9.17, 15) is 10.1 Å². The highest BCUT2D eigenvalue weighted by atomic mass is 16.6. The molecule has 0 radical (unpaired) electrons. The monoisotopic (exact) mass is 317 g/mol. The van der Waals surface area contributed by atoms with Gasteiger partial charge in [-0.1, -0.05) is 0 Å². The molecule has 0 unspecified atom stereocenters. The lowest BCUT2D eigenvalue weighted by molar-refractivity contribution is -0.386. The molecule has 3 heterocycles. The Hall–Kier alpha value is -3.04. The Morgan fingerprint density at radius 2 is 1.96 bits per heavy atom. The number of nitrogens with zero attached hydrogens (tertiary/aromatic N) is 7. The maximum atomic E-state index is 11.0. The van der Waals surface area contributed by atoms with Gasteiger partial charge in [0, 0.05) is 13.2 Å². The molecule has 0 amide bonds. The van der Waals surface area contributed by atoms with Crippen molar-refractivity contribution in [3.63, 3.8) is 0 Å². The van der Waals surface area contributed by atoms with Crippen LogP contribution in [0.3, 0.4) is 0 Å². The van der Waals surface area contributed by atoms with Crippen LogP contribution < -0.4 is 0 Å². The first kappa shape index (κ1) is 14.9. The molecule has 0 aromatic carbocycles. The second-order valence-electron chi connectivity index (χ2n) is 5.24. The van der Waals surface area contributed by atoms with E-state index in [0.717, 1.165) is 11.3 Å². The van der Waals surface area contributed by atoms with Gasteiger partial charge in [0.05, 0.1) is 16.2 Å². The van der Waals surface area contributed by atoms with E-state index in [4.69, 9.17) is 4.42 Å². The standard InChI is InChI=1S/C13H15N7O3/c1-7-10(5-18(4)16-7)13-15-14-11(23-13)6-19-9(3)12(20(21)22)8(2)17-19/h5H,6H2,1-4H3. The van der Waals surface area contributed by atoms with E-state index in [1.165, 1.54) is 4.68 Å². The van der Waals surface area contributed by atoms with Crippen LogP contribution in [0, 0.1) is 30.9 Å². The molecule has 23 heavy (non-hydrogen) atoms. The Morgan fingerprint density at radius 3 is 2.52 bits per heavy atom. The summed E-state index contributed by atoms with van der Waals surface area (Å²) in [6.07, 6.45) is 1.79. The normalized spacial score (nSPS) is 11.1. The third kappa shape index (κ3) is 2.58. The zero-order chi connectivity index (χ0) is 16.7. The van der Waals surface area contributed by atoms with Crippen molar-refractivity contribution in [3.05, 3.63) is 39.3 Å². The summed E-state index contributed by atoms with van der Waals surface area (Å²) in [6, 6.07) is 0. The third-order valence-electron chi connectivity index (χ3n) is 3.52. The molecule has 3 rings (SSSR count). The van der Waals surface area contributed by atoms with Crippen LogP contribution in [0.15, 0.2) is 10.6 Å². The van der Waals surface area contributed by atoms with Gasteiger partial charge in [0.15, 0.2) is 0 Å². The highest BCUT2D eigenvalue weighted by Gasteiger charge is 2.23. The van der Waals surface area contributed by atoms with Crippen LogP contribution in [0.2, 0.25) is 0 Å². The smallest absolute Gasteiger partial charge is 0.312 e. The highest BCUT2D eigenvalue weighted by Crippen LogP contribution is 2.24. The summed E-state index contributed by atoms with van der Waals surface area (Å²) in [5.41, 5.74) is 2.35. The molecular formula is C13H15N7O3. The van der Waals surface area contributed by atoms with Crippen LogP contribution in [0.5, 0.6) is 0 Å². The average molecular weight is 317 g/mol. The fourth-order valence-corrected chi connectivity index (χ4v) is 2.47. The largest absolute Gasteiger partial charge is 0.419 e. The number of hydrogen-bond acceptors (Lipinski definition) is 7. The molecule has 0 saturated heterocycles. The summed E-state index contributed by atoms with van der Waals surface area (Å²) in [5, 5.41) is 27.4. The van der Waals surface area contributed by atoms with Crippen molar-refractivity contribution in [2.45, 2.75) is 27.3 Å². The summed E-state index contributed by atoms with van der Waals surface area (Å²) >= 11 is 0. The predicted molar refractivity (Wildman–Crippen MR) is 78.7 cm³/mol. The first-order valence-corrected chi connectivity index (χ1v) is 6.88. The fraction of sp³-hybridized carbons (Fsp3) is 0.385. The Bertz CT molecular complexity index is 890. The van der Waals surface area contributed by atoms with Crippen LogP contribution in [-0.2, 0) is 13.6 Å². The second kappa shape index (κ2) is 5.30. The number of aromatic nitrogens is 6. The van der Waals surface area contributed by atoms with Gasteiger partial charge in [0.1, 0.15) is 17.9 Å². The minimum atomic E-state index is -0.438. The summed E-state index contributed by atoms with van der Waals surface area (Å²) in [7, 11) is 1.81. The van der Waals surface area contributed by atoms with Gasteiger partial charge < -0.3 is 4.42 Å². The fourth-order valence-electron chi connectivity index (χ4n) is 2.47. The molecule has 0 saturated carbocycles. The highest BCUT2D eigenvalue weighted by molar-refractivity contribution is 5.54. The maximum absolute atomic E-state index is 11.0. The van der Waals surface area contributed by atoms with Gasteiger partial charge >= 0.3 is 5.69 Å². The average Bonchev–Trinajstić information content (AvgIpc) is 3.10. The van der Waals surface area contributed by atoms with Crippen LogP contribution in [0.1, 0.15) is 23.0 Å². The lowest BCUT2D eigenvalue weighted by atomic mass is 10.3. The van der Waals surface area contributed by atoms with Gasteiger partial charge in [-0.3, -0.25) is 19.5 Å². The molecule has 3 aromatic heterocycles. The molecule has 3 aromatic rings. The van der Waals surface area contributed by atoms with E-state index in [0.29, 0.717) is 23.2 Å². The molecule has 0 atom stereocenters. The number of nitro groups is 1. The molecule has 0 aliphatic heterocycles. The molecule has 0 bridgehead atoms. The van der Waals surface area contributed by atoms with Crippen molar-refractivity contribution >= 4 is 5.69 Å². The van der Waals surface area contributed by atoms with Gasteiger partial charge in [0.2, 0.25) is 5.89 Å². The van der Waals surface area contributed by atoms with Crippen molar-refractivity contribution in [1.29, 1.82) is 0 Å². The van der Waals surface area contributed by atoms with Crippen molar-refractivity contribution in [2.24, 2.45) is 7.05 Å². The second-order valence-corrected chi connectivity index (χ2v) is 5.24. The predicted octanol–water partition coefficient (Wildman–Crippen LogP) is 1.55. The van der Waals surface area contributed by atoms with Crippen LogP contribution >= 0.6 is 0 Å². The first-order chi connectivity index (χ1) is 10.9. The van der Waals surface area contributed by atoms with E-state index in [-0.39, 0.29) is 12.2 Å². The summed E-state index contributed by atoms with van der Waals surface area (Å²) in [4.78, 5) is 10.6. The number of aryl methyl sites for hydroxylation is 3. The van der Waals surface area contributed by atoms with E-state index in [1.807, 2.05) is 14.0 Å². The van der Waals surface area contributed by atoms with Crippen molar-refractivity contribution in [2.75, 3.05) is 0 Å². The van der Waals surface area contributed by atoms with Crippen molar-refractivity contribution < 1.29 is 9.34 Å². The van der Waals surface area contributed by atoms with Crippen LogP contribution in [0.4, 0.5) is 5.69 Å². The Morgan fingerprint density at radius 1 is 1.22 bits per heavy atom. The summed E-state index contributed by atoms with van der Waals surface area (Å²) < 4.78 is 8.78. The molecule has 0 spiro atoms. The van der Waals surface area contributed by atoms with Gasteiger partial charge in [-0.25, -0.2) is 0 Å². The minimum absolute atomic E-state index is 0.00726. The van der Waals surface area contributed by atoms with E-state index in [2.05, 4.69) is 20.4 Å². The number of hydrogen-bond donors (Lipinski definition) is 0. The van der Waals surface area contributed by atoms with Gasteiger partial charge in [0.25, 0.3) is 5.89 Å². The quantitative estimate of drug-likeness (QED) is 0.529. The molecular weight excluding hydrogens is 302 g/mol. The zero-order valence-corrected chi connectivity index (χ0v) is 13.1. The Labute approximate surface area is 130 Å². The Balaban J connectivity index is 1.89. The molecule has 10 heteroatoms. The van der Waals surface area contributed by atoms with Crippen molar-refractivity contribution in [1.82, 2.24) is 29.8 Å². The molecule has 0 aliphatic carbocycles. The van der Waals surface area contributed by atoms with Gasteiger partial charge in [-0.2, -0.15) is 10.2 Å². The molecule has 10 nitrogen and oxygen atoms in total. The molecule has 0 N–H and O–H groups in total. The van der Waals surface area contributed by atoms with Crippen LogP contribution in [-0.4, -0.2) is 34.7 Å². The lowest BCUT2D eigenvalue weighted by Crippen LogP contribution is -2.04. The van der Waals surface area contributed by atoms with E-state index in [1.54, 1.807) is 24.7 Å². The molecule has 120 valence electrons. The van der Waals surface area contributed by atoms with E-state index >= 15 is 0 Å². The SMILES string of the molecule is Cc1nn(C)cc1-c1nnc(Cn2nc(C)c([N+](=O)[O-])c2C)o1. The summed E-state index contributed by atoms with van der Waals surface area (Å²) in [5.74, 6) is 0.686. The number of rotatable bonds is 4. The third-order valence-corrected chi connectivity index (χ3v) is 3.52.